The van der Waals surface area contributed by atoms with E-state index in [9.17, 15) is 9.90 Å². The minimum Gasteiger partial charge on any atom is -0.387 e. The van der Waals surface area contributed by atoms with Crippen molar-refractivity contribution < 1.29 is 19.0 Å². The van der Waals surface area contributed by atoms with Gasteiger partial charge in [-0.25, -0.2) is 4.39 Å². The number of aromatic nitrogens is 1. The van der Waals surface area contributed by atoms with Crippen LogP contribution in [0.15, 0.2) is 48.7 Å². The van der Waals surface area contributed by atoms with Gasteiger partial charge < -0.3 is 15.2 Å². The maximum absolute atomic E-state index is 15.8. The number of rotatable bonds is 5. The second kappa shape index (κ2) is 7.97. The maximum atomic E-state index is 15.8. The van der Waals surface area contributed by atoms with Gasteiger partial charge in [0.05, 0.1) is 30.6 Å². The first kappa shape index (κ1) is 19.0. The fourth-order valence-corrected chi connectivity index (χ4v) is 4.21. The number of halogens is 1. The molecule has 2 aliphatic rings. The molecule has 2 aromatic rings. The number of nitrogens with one attached hydrogen (secondary N) is 1. The smallest absolute Gasteiger partial charge is 0.262 e. The van der Waals surface area contributed by atoms with E-state index >= 15 is 4.39 Å². The molecule has 1 aromatic carbocycles. The zero-order chi connectivity index (χ0) is 19.6. The van der Waals surface area contributed by atoms with Gasteiger partial charge in [-0.3, -0.25) is 9.78 Å². The summed E-state index contributed by atoms with van der Waals surface area (Å²) in [6, 6.07) is 12.8. The van der Waals surface area contributed by atoms with Crippen LogP contribution >= 0.6 is 0 Å². The summed E-state index contributed by atoms with van der Waals surface area (Å²) in [5.41, 5.74) is -0.668. The zero-order valence-electron chi connectivity index (χ0n) is 15.7. The highest BCUT2D eigenvalue weighted by atomic mass is 19.1. The van der Waals surface area contributed by atoms with Crippen molar-refractivity contribution in [3.05, 3.63) is 65.5 Å². The van der Waals surface area contributed by atoms with Gasteiger partial charge in [0, 0.05) is 11.8 Å². The van der Waals surface area contributed by atoms with Gasteiger partial charge in [0.2, 0.25) is 5.67 Å². The number of hydrogen-bond acceptors (Lipinski definition) is 4. The topological polar surface area (TPSA) is 71.5 Å². The predicted molar refractivity (Wildman–Crippen MR) is 102 cm³/mol. The van der Waals surface area contributed by atoms with Crippen LogP contribution in [0.5, 0.6) is 0 Å². The Morgan fingerprint density at radius 3 is 2.86 bits per heavy atom. The molecule has 6 heteroatoms. The molecule has 1 saturated carbocycles. The van der Waals surface area contributed by atoms with Crippen molar-refractivity contribution in [3.8, 4) is 0 Å². The number of ether oxygens (including phenoxy) is 1. The number of aliphatic hydroxyl groups is 1. The van der Waals surface area contributed by atoms with Crippen molar-refractivity contribution in [2.45, 2.75) is 62.6 Å². The first-order chi connectivity index (χ1) is 13.6. The molecule has 4 atom stereocenters. The number of fused-ring (bicyclic) bond motifs is 1. The number of carbonyl (C=O) groups excluding carboxylic acids is 1. The number of nitrogens with zero attached hydrogens (tertiary/aromatic N) is 1. The number of pyridine rings is 1. The number of carbonyl (C=O) groups is 1. The van der Waals surface area contributed by atoms with Crippen molar-refractivity contribution in [1.82, 2.24) is 10.3 Å². The molecule has 1 aromatic heterocycles. The van der Waals surface area contributed by atoms with Gasteiger partial charge in [0.1, 0.15) is 0 Å². The molecule has 2 aliphatic carbocycles. The second-order valence-electron chi connectivity index (χ2n) is 7.64. The lowest BCUT2D eigenvalue weighted by Gasteiger charge is -2.34. The van der Waals surface area contributed by atoms with E-state index in [-0.39, 0.29) is 36.2 Å². The lowest BCUT2D eigenvalue weighted by molar-refractivity contribution is -0.137. The summed E-state index contributed by atoms with van der Waals surface area (Å²) in [5.74, 6) is -0.658. The van der Waals surface area contributed by atoms with Crippen molar-refractivity contribution in [2.75, 3.05) is 0 Å². The third kappa shape index (κ3) is 3.66. The lowest BCUT2D eigenvalue weighted by Crippen LogP contribution is -2.50. The third-order valence-corrected chi connectivity index (χ3v) is 5.78. The first-order valence-corrected chi connectivity index (χ1v) is 9.87. The maximum Gasteiger partial charge on any atom is 0.262 e. The van der Waals surface area contributed by atoms with E-state index in [2.05, 4.69) is 10.3 Å². The molecule has 0 aliphatic heterocycles. The van der Waals surface area contributed by atoms with Crippen LogP contribution in [-0.2, 0) is 21.8 Å². The molecule has 0 spiro atoms. The van der Waals surface area contributed by atoms with Crippen LogP contribution in [0.25, 0.3) is 0 Å². The standard InChI is InChI=1S/C22H25FN2O3/c23-22(12-11-18(26)20-16(22)8-5-13-24-20)21(27)25-17-9-4-10-19(17)28-14-15-6-2-1-3-7-15/h1-3,5-8,13,17-19,26H,4,9-12,14H2,(H,25,27)/t17-,18-,19-,22-/m0/s1. The normalized spacial score (nSPS) is 29.3. The molecule has 2 N–H and O–H groups in total. The van der Waals surface area contributed by atoms with Gasteiger partial charge in [-0.15, -0.1) is 0 Å². The van der Waals surface area contributed by atoms with Crippen LogP contribution in [0.1, 0.15) is 55.0 Å². The summed E-state index contributed by atoms with van der Waals surface area (Å²) in [7, 11) is 0. The number of benzene rings is 1. The second-order valence-corrected chi connectivity index (χ2v) is 7.64. The van der Waals surface area contributed by atoms with Crippen LogP contribution < -0.4 is 5.32 Å². The van der Waals surface area contributed by atoms with Gasteiger partial charge in [-0.1, -0.05) is 36.4 Å². The average molecular weight is 384 g/mol. The van der Waals surface area contributed by atoms with E-state index in [0.29, 0.717) is 6.61 Å². The highest BCUT2D eigenvalue weighted by Crippen LogP contribution is 2.42. The fourth-order valence-electron chi connectivity index (χ4n) is 4.21. The van der Waals surface area contributed by atoms with E-state index in [1.807, 2.05) is 30.3 Å². The summed E-state index contributed by atoms with van der Waals surface area (Å²) in [5, 5.41) is 13.0. The van der Waals surface area contributed by atoms with Crippen LogP contribution in [0.3, 0.4) is 0 Å². The summed E-state index contributed by atoms with van der Waals surface area (Å²) < 4.78 is 21.8. The van der Waals surface area contributed by atoms with Crippen LogP contribution in [0, 0.1) is 0 Å². The Kier molecular flexibility index (Phi) is 5.42. The quantitative estimate of drug-likeness (QED) is 0.830. The van der Waals surface area contributed by atoms with E-state index in [1.54, 1.807) is 12.1 Å². The predicted octanol–water partition coefficient (Wildman–Crippen LogP) is 3.33. The lowest BCUT2D eigenvalue weighted by atomic mass is 9.80. The molecule has 1 fully saturated rings. The van der Waals surface area contributed by atoms with Crippen molar-refractivity contribution in [3.63, 3.8) is 0 Å². The van der Waals surface area contributed by atoms with Gasteiger partial charge in [0.15, 0.2) is 0 Å². The Morgan fingerprint density at radius 1 is 1.21 bits per heavy atom. The minimum absolute atomic E-state index is 0.0546. The highest BCUT2D eigenvalue weighted by Gasteiger charge is 2.48. The molecule has 4 rings (SSSR count). The highest BCUT2D eigenvalue weighted by molar-refractivity contribution is 5.87. The largest absolute Gasteiger partial charge is 0.387 e. The zero-order valence-corrected chi connectivity index (χ0v) is 15.7. The molecule has 28 heavy (non-hydrogen) atoms. The number of amides is 1. The van der Waals surface area contributed by atoms with Gasteiger partial charge in [0.25, 0.3) is 5.91 Å². The molecular weight excluding hydrogens is 359 g/mol. The number of aliphatic hydroxyl groups excluding tert-OH is 1. The molecular formula is C22H25FN2O3. The SMILES string of the molecule is O=C(N[C@H]1CCC[C@@H]1OCc1ccccc1)[C@]1(F)CC[C@H](O)c2ncccc21. The molecule has 0 radical (unpaired) electrons. The summed E-state index contributed by atoms with van der Waals surface area (Å²) in [4.78, 5) is 17.0. The van der Waals surface area contributed by atoms with Crippen molar-refractivity contribution in [1.29, 1.82) is 0 Å². The van der Waals surface area contributed by atoms with E-state index in [4.69, 9.17) is 4.74 Å². The minimum atomic E-state index is -2.17. The molecule has 0 saturated heterocycles. The van der Waals surface area contributed by atoms with Crippen LogP contribution in [0.4, 0.5) is 4.39 Å². The average Bonchev–Trinajstić information content (AvgIpc) is 3.17. The molecule has 0 unspecified atom stereocenters. The van der Waals surface area contributed by atoms with Crippen molar-refractivity contribution in [2.24, 2.45) is 0 Å². The Bertz CT molecular complexity index is 832. The Morgan fingerprint density at radius 2 is 2.04 bits per heavy atom. The first-order valence-electron chi connectivity index (χ1n) is 9.87. The number of alkyl halides is 1. The van der Waals surface area contributed by atoms with Crippen molar-refractivity contribution >= 4 is 5.91 Å². The van der Waals surface area contributed by atoms with Gasteiger partial charge >= 0.3 is 0 Å². The van der Waals surface area contributed by atoms with Gasteiger partial charge in [-0.05, 0) is 43.7 Å². The Balaban J connectivity index is 1.45. The van der Waals surface area contributed by atoms with E-state index in [0.717, 1.165) is 24.8 Å². The summed E-state index contributed by atoms with van der Waals surface area (Å²) >= 11 is 0. The van der Waals surface area contributed by atoms with E-state index < -0.39 is 17.7 Å². The van der Waals surface area contributed by atoms with Gasteiger partial charge in [-0.2, -0.15) is 0 Å². The summed E-state index contributed by atoms with van der Waals surface area (Å²) in [6.45, 7) is 0.470. The molecule has 1 heterocycles. The molecule has 5 nitrogen and oxygen atoms in total. The Hall–Kier alpha value is -2.31. The summed E-state index contributed by atoms with van der Waals surface area (Å²) in [6.07, 6.45) is 3.21. The molecule has 1 amide bonds. The number of hydrogen-bond donors (Lipinski definition) is 2. The molecule has 148 valence electrons. The third-order valence-electron chi connectivity index (χ3n) is 5.78. The van der Waals surface area contributed by atoms with E-state index in [1.165, 1.54) is 6.20 Å². The van der Waals surface area contributed by atoms with Crippen LogP contribution in [-0.4, -0.2) is 28.1 Å². The van der Waals surface area contributed by atoms with Crippen LogP contribution in [0.2, 0.25) is 0 Å². The Labute approximate surface area is 163 Å². The molecule has 0 bridgehead atoms. The monoisotopic (exact) mass is 384 g/mol. The fraction of sp³-hybridized carbons (Fsp3) is 0.455.